The molecule has 0 bridgehead atoms. The maximum absolute atomic E-state index is 13.7. The zero-order chi connectivity index (χ0) is 25.2. The number of carbonyl (C=O) groups excluding carboxylic acids is 2. The molecule has 0 aromatic heterocycles. The Morgan fingerprint density at radius 1 is 1.03 bits per heavy atom. The van der Waals surface area contributed by atoms with Crippen LogP contribution in [-0.4, -0.2) is 64.2 Å². The Morgan fingerprint density at radius 2 is 1.69 bits per heavy atom. The molecule has 35 heavy (non-hydrogen) atoms. The standard InChI is InChI=1S/C26H34FN3O5/c1-33-22-16-20(17-23(34-2)25(22)35-3)29-24(31)11-15-30-13-9-19(10-14-30)26(32)28-12-8-18-6-4-5-7-21(18)27/h4-7,16-17,19H,8-15H2,1-3H3,(H,28,32)(H,29,31). The molecule has 2 amide bonds. The van der Waals surface area contributed by atoms with Crippen LogP contribution in [0.1, 0.15) is 24.8 Å². The summed E-state index contributed by atoms with van der Waals surface area (Å²) in [6, 6.07) is 9.99. The third-order valence-electron chi connectivity index (χ3n) is 6.21. The number of nitrogens with zero attached hydrogens (tertiary/aromatic N) is 1. The summed E-state index contributed by atoms with van der Waals surface area (Å²) >= 11 is 0. The predicted molar refractivity (Wildman–Crippen MR) is 132 cm³/mol. The zero-order valence-corrected chi connectivity index (χ0v) is 20.6. The average Bonchev–Trinajstić information content (AvgIpc) is 2.88. The molecule has 2 aromatic rings. The van der Waals surface area contributed by atoms with Crippen molar-refractivity contribution in [2.24, 2.45) is 5.92 Å². The summed E-state index contributed by atoms with van der Waals surface area (Å²) < 4.78 is 29.7. The fourth-order valence-electron chi connectivity index (χ4n) is 4.22. The van der Waals surface area contributed by atoms with Crippen molar-refractivity contribution in [1.29, 1.82) is 0 Å². The number of ether oxygens (including phenoxy) is 3. The first-order valence-electron chi connectivity index (χ1n) is 11.8. The van der Waals surface area contributed by atoms with Gasteiger partial charge < -0.3 is 29.7 Å². The molecule has 1 aliphatic rings. The second-order valence-corrected chi connectivity index (χ2v) is 8.46. The second kappa shape index (κ2) is 12.9. The first-order valence-corrected chi connectivity index (χ1v) is 11.8. The molecule has 2 aromatic carbocycles. The van der Waals surface area contributed by atoms with Gasteiger partial charge in [-0.05, 0) is 44.0 Å². The lowest BCUT2D eigenvalue weighted by atomic mass is 9.95. The van der Waals surface area contributed by atoms with Crippen LogP contribution >= 0.6 is 0 Å². The molecule has 1 aliphatic heterocycles. The van der Waals surface area contributed by atoms with Crippen LogP contribution < -0.4 is 24.8 Å². The average molecular weight is 488 g/mol. The Kier molecular flexibility index (Phi) is 9.72. The third-order valence-corrected chi connectivity index (χ3v) is 6.21. The number of benzene rings is 2. The Hall–Kier alpha value is -3.33. The normalized spacial score (nSPS) is 14.3. The van der Waals surface area contributed by atoms with Crippen molar-refractivity contribution in [2.75, 3.05) is 52.8 Å². The van der Waals surface area contributed by atoms with E-state index in [1.165, 1.54) is 27.4 Å². The maximum Gasteiger partial charge on any atom is 0.225 e. The summed E-state index contributed by atoms with van der Waals surface area (Å²) in [6.45, 7) is 2.53. The highest BCUT2D eigenvalue weighted by Crippen LogP contribution is 2.39. The molecule has 2 N–H and O–H groups in total. The molecule has 0 aliphatic carbocycles. The molecule has 0 spiro atoms. The molecule has 3 rings (SSSR count). The number of hydrogen-bond donors (Lipinski definition) is 2. The first-order chi connectivity index (χ1) is 16.9. The fraction of sp³-hybridized carbons (Fsp3) is 0.462. The number of methoxy groups -OCH3 is 3. The van der Waals surface area contributed by atoms with Crippen LogP contribution in [-0.2, 0) is 16.0 Å². The van der Waals surface area contributed by atoms with Crippen molar-refractivity contribution in [1.82, 2.24) is 10.2 Å². The molecule has 0 atom stereocenters. The number of carbonyl (C=O) groups is 2. The number of hydrogen-bond acceptors (Lipinski definition) is 6. The minimum atomic E-state index is -0.246. The summed E-state index contributed by atoms with van der Waals surface area (Å²) in [4.78, 5) is 27.2. The van der Waals surface area contributed by atoms with Gasteiger partial charge in [0.2, 0.25) is 17.6 Å². The lowest BCUT2D eigenvalue weighted by molar-refractivity contribution is -0.126. The van der Waals surface area contributed by atoms with E-state index in [1.54, 1.807) is 30.3 Å². The first kappa shape index (κ1) is 26.3. The molecule has 0 radical (unpaired) electrons. The smallest absolute Gasteiger partial charge is 0.225 e. The summed E-state index contributed by atoms with van der Waals surface area (Å²) in [7, 11) is 4.57. The largest absolute Gasteiger partial charge is 0.493 e. The summed E-state index contributed by atoms with van der Waals surface area (Å²) in [5, 5.41) is 5.81. The lowest BCUT2D eigenvalue weighted by Crippen LogP contribution is -2.41. The summed E-state index contributed by atoms with van der Waals surface area (Å²) in [6.07, 6.45) is 2.27. The van der Waals surface area contributed by atoms with E-state index in [2.05, 4.69) is 15.5 Å². The van der Waals surface area contributed by atoms with Crippen molar-refractivity contribution >= 4 is 17.5 Å². The SMILES string of the molecule is COc1cc(NC(=O)CCN2CCC(C(=O)NCCc3ccccc3F)CC2)cc(OC)c1OC. The Bertz CT molecular complexity index is 983. The van der Waals surface area contributed by atoms with Gasteiger partial charge in [-0.15, -0.1) is 0 Å². The fourth-order valence-corrected chi connectivity index (χ4v) is 4.22. The molecule has 0 unspecified atom stereocenters. The van der Waals surface area contributed by atoms with Crippen molar-refractivity contribution in [2.45, 2.75) is 25.7 Å². The van der Waals surface area contributed by atoms with Gasteiger partial charge in [-0.25, -0.2) is 4.39 Å². The maximum atomic E-state index is 13.7. The Balaban J connectivity index is 1.39. The minimum Gasteiger partial charge on any atom is -0.493 e. The van der Waals surface area contributed by atoms with Crippen molar-refractivity contribution < 1.29 is 28.2 Å². The van der Waals surface area contributed by atoms with Crippen LogP contribution in [0.5, 0.6) is 17.2 Å². The minimum absolute atomic E-state index is 0.0149. The van der Waals surface area contributed by atoms with Crippen LogP contribution in [0, 0.1) is 11.7 Å². The van der Waals surface area contributed by atoms with Gasteiger partial charge in [0.05, 0.1) is 21.3 Å². The molecule has 1 saturated heterocycles. The van der Waals surface area contributed by atoms with E-state index in [1.807, 2.05) is 0 Å². The Labute approximate surface area is 205 Å². The molecule has 8 nitrogen and oxygen atoms in total. The van der Waals surface area contributed by atoms with Crippen molar-refractivity contribution in [3.05, 3.63) is 47.8 Å². The van der Waals surface area contributed by atoms with Gasteiger partial charge in [-0.2, -0.15) is 0 Å². The van der Waals surface area contributed by atoms with Crippen LogP contribution in [0.3, 0.4) is 0 Å². The van der Waals surface area contributed by atoms with Crippen LogP contribution in [0.15, 0.2) is 36.4 Å². The highest BCUT2D eigenvalue weighted by Gasteiger charge is 2.25. The monoisotopic (exact) mass is 487 g/mol. The third kappa shape index (κ3) is 7.32. The number of piperidine rings is 1. The van der Waals surface area contributed by atoms with Crippen LogP contribution in [0.2, 0.25) is 0 Å². The molecular formula is C26H34FN3O5. The van der Waals surface area contributed by atoms with E-state index in [4.69, 9.17) is 14.2 Å². The highest BCUT2D eigenvalue weighted by atomic mass is 19.1. The Morgan fingerprint density at radius 3 is 2.29 bits per heavy atom. The number of nitrogens with one attached hydrogen (secondary N) is 2. The lowest BCUT2D eigenvalue weighted by Gasteiger charge is -2.31. The van der Waals surface area contributed by atoms with Crippen LogP contribution in [0.4, 0.5) is 10.1 Å². The molecular weight excluding hydrogens is 453 g/mol. The molecule has 0 saturated carbocycles. The van der Waals surface area contributed by atoms with Gasteiger partial charge >= 0.3 is 0 Å². The van der Waals surface area contributed by atoms with E-state index in [9.17, 15) is 14.0 Å². The molecule has 190 valence electrons. The number of halogens is 1. The second-order valence-electron chi connectivity index (χ2n) is 8.46. The quantitative estimate of drug-likeness (QED) is 0.506. The summed E-state index contributed by atoms with van der Waals surface area (Å²) in [5.41, 5.74) is 1.17. The van der Waals surface area contributed by atoms with E-state index in [0.717, 1.165) is 25.9 Å². The van der Waals surface area contributed by atoms with Crippen LogP contribution in [0.25, 0.3) is 0 Å². The summed E-state index contributed by atoms with van der Waals surface area (Å²) in [5.74, 6) is 0.998. The molecule has 1 heterocycles. The molecule has 9 heteroatoms. The van der Waals surface area contributed by atoms with Gasteiger partial charge in [-0.3, -0.25) is 9.59 Å². The van der Waals surface area contributed by atoms with E-state index >= 15 is 0 Å². The number of rotatable bonds is 11. The van der Waals surface area contributed by atoms with Gasteiger partial charge in [0.15, 0.2) is 11.5 Å². The number of amides is 2. The van der Waals surface area contributed by atoms with Gasteiger partial charge in [-0.1, -0.05) is 18.2 Å². The molecule has 1 fully saturated rings. The van der Waals surface area contributed by atoms with E-state index in [0.29, 0.717) is 54.4 Å². The topological polar surface area (TPSA) is 89.1 Å². The number of anilines is 1. The van der Waals surface area contributed by atoms with Crippen molar-refractivity contribution in [3.63, 3.8) is 0 Å². The van der Waals surface area contributed by atoms with Gasteiger partial charge in [0.25, 0.3) is 0 Å². The van der Waals surface area contributed by atoms with Gasteiger partial charge in [0, 0.05) is 43.2 Å². The zero-order valence-electron chi connectivity index (χ0n) is 20.6. The number of likely N-dealkylation sites (tertiary alicyclic amines) is 1. The van der Waals surface area contributed by atoms with E-state index < -0.39 is 0 Å². The van der Waals surface area contributed by atoms with E-state index in [-0.39, 0.29) is 23.5 Å². The highest BCUT2D eigenvalue weighted by molar-refractivity contribution is 5.91. The predicted octanol–water partition coefficient (Wildman–Crippen LogP) is 3.25. The van der Waals surface area contributed by atoms with Gasteiger partial charge in [0.1, 0.15) is 5.82 Å². The van der Waals surface area contributed by atoms with Crippen molar-refractivity contribution in [3.8, 4) is 17.2 Å².